The Morgan fingerprint density at radius 1 is 1.11 bits per heavy atom. The molecule has 0 bridgehead atoms. The van der Waals surface area contributed by atoms with Crippen molar-refractivity contribution in [2.24, 2.45) is 16.6 Å². The molecule has 0 saturated heterocycles. The maximum atomic E-state index is 6.40. The van der Waals surface area contributed by atoms with Crippen LogP contribution in [-0.4, -0.2) is 5.71 Å². The average Bonchev–Trinajstić information content (AvgIpc) is 3.19. The molecule has 2 N–H and O–H groups in total. The Balaban J connectivity index is 1.57. The molecule has 1 unspecified atom stereocenters. The average molecular weight is 383 g/mol. The largest absolute Gasteiger partial charge is 0.397 e. The summed E-state index contributed by atoms with van der Waals surface area (Å²) in [5.41, 5.74) is 11.8. The van der Waals surface area contributed by atoms with Crippen LogP contribution in [0.2, 0.25) is 0 Å². The van der Waals surface area contributed by atoms with E-state index in [9.17, 15) is 0 Å². The maximum absolute atomic E-state index is 6.40. The first-order chi connectivity index (χ1) is 13.7. The maximum Gasteiger partial charge on any atom is 0.0682 e. The van der Waals surface area contributed by atoms with Crippen LogP contribution in [0.25, 0.3) is 27.9 Å². The fourth-order valence-corrected chi connectivity index (χ4v) is 5.27. The molecule has 2 aromatic carbocycles. The molecule has 0 radical (unpaired) electrons. The van der Waals surface area contributed by atoms with Gasteiger partial charge in [-0.2, -0.15) is 0 Å². The van der Waals surface area contributed by atoms with E-state index in [1.54, 1.807) is 0 Å². The SMILES string of the molecule is CC(=NC1=C(N)c2ccccc2C1)C1\C=c2/sc3ccccc3/c2=C/C=C\C1. The lowest BCUT2D eigenvalue weighted by atomic mass is 9.98. The summed E-state index contributed by atoms with van der Waals surface area (Å²) in [4.78, 5) is 5.00. The van der Waals surface area contributed by atoms with Gasteiger partial charge in [-0.05, 0) is 30.2 Å². The van der Waals surface area contributed by atoms with Crippen LogP contribution >= 0.6 is 11.3 Å². The van der Waals surface area contributed by atoms with Gasteiger partial charge in [-0.15, -0.1) is 11.3 Å². The second-order valence-corrected chi connectivity index (χ2v) is 8.51. The summed E-state index contributed by atoms with van der Waals surface area (Å²) in [6.45, 7) is 2.14. The zero-order valence-corrected chi connectivity index (χ0v) is 16.7. The van der Waals surface area contributed by atoms with Crippen LogP contribution in [0, 0.1) is 5.92 Å². The minimum absolute atomic E-state index is 0.278. The fourth-order valence-electron chi connectivity index (χ4n) is 4.08. The molecule has 2 aliphatic carbocycles. The van der Waals surface area contributed by atoms with Gasteiger partial charge < -0.3 is 5.73 Å². The number of hydrogen-bond acceptors (Lipinski definition) is 3. The van der Waals surface area contributed by atoms with Crippen molar-refractivity contribution in [1.82, 2.24) is 0 Å². The van der Waals surface area contributed by atoms with Crippen molar-refractivity contribution in [3.63, 3.8) is 0 Å². The quantitative estimate of drug-likeness (QED) is 0.656. The highest BCUT2D eigenvalue weighted by Crippen LogP contribution is 2.30. The zero-order valence-electron chi connectivity index (χ0n) is 15.9. The van der Waals surface area contributed by atoms with Crippen LogP contribution in [0.1, 0.15) is 24.5 Å². The molecule has 2 nitrogen and oxygen atoms in total. The Kier molecular flexibility index (Phi) is 4.25. The third-order valence-electron chi connectivity index (χ3n) is 5.63. The number of thiophene rings is 1. The number of benzene rings is 2. The molecule has 0 saturated carbocycles. The topological polar surface area (TPSA) is 38.4 Å². The van der Waals surface area contributed by atoms with Crippen molar-refractivity contribution in [2.45, 2.75) is 19.8 Å². The second kappa shape index (κ2) is 6.92. The monoisotopic (exact) mass is 382 g/mol. The van der Waals surface area contributed by atoms with Crippen molar-refractivity contribution in [2.75, 3.05) is 0 Å². The summed E-state index contributed by atoms with van der Waals surface area (Å²) in [5, 5.41) is 2.65. The van der Waals surface area contributed by atoms with Crippen molar-refractivity contribution < 1.29 is 0 Å². The first kappa shape index (κ1) is 17.2. The van der Waals surface area contributed by atoms with Crippen LogP contribution in [0.5, 0.6) is 0 Å². The third-order valence-corrected chi connectivity index (χ3v) is 6.78. The lowest BCUT2D eigenvalue weighted by molar-refractivity contribution is 0.911. The van der Waals surface area contributed by atoms with Gasteiger partial charge in [0.15, 0.2) is 0 Å². The molecule has 0 aliphatic heterocycles. The van der Waals surface area contributed by atoms with E-state index in [1.807, 2.05) is 17.4 Å². The summed E-state index contributed by atoms with van der Waals surface area (Å²) in [6, 6.07) is 17.0. The standard InChI is InChI=1S/C25H22N2S/c1-16(27-22-14-18-9-3-4-10-19(18)25(22)26)17-8-2-5-12-21-20-11-6-7-13-23(20)28-24(21)15-17/h2-7,9-13,15,17H,8,14,26H2,1H3/b5-2-,21-12-,24-15-,27-16?. The number of allylic oxidation sites excluding steroid dienone is 3. The second-order valence-electron chi connectivity index (χ2n) is 7.43. The Morgan fingerprint density at radius 2 is 1.93 bits per heavy atom. The highest BCUT2D eigenvalue weighted by molar-refractivity contribution is 7.17. The van der Waals surface area contributed by atoms with E-state index in [0.29, 0.717) is 0 Å². The minimum atomic E-state index is 0.278. The van der Waals surface area contributed by atoms with Crippen molar-refractivity contribution in [1.29, 1.82) is 0 Å². The van der Waals surface area contributed by atoms with Gasteiger partial charge in [-0.3, -0.25) is 4.99 Å². The van der Waals surface area contributed by atoms with E-state index in [2.05, 4.69) is 73.7 Å². The van der Waals surface area contributed by atoms with Gasteiger partial charge in [0.25, 0.3) is 0 Å². The molecular weight excluding hydrogens is 360 g/mol. The van der Waals surface area contributed by atoms with Crippen LogP contribution in [0.4, 0.5) is 0 Å². The lowest BCUT2D eigenvalue weighted by Gasteiger charge is -2.12. The molecule has 5 rings (SSSR count). The van der Waals surface area contributed by atoms with E-state index in [4.69, 9.17) is 10.7 Å². The summed E-state index contributed by atoms with van der Waals surface area (Å²) in [5.74, 6) is 0.278. The molecule has 2 aliphatic rings. The van der Waals surface area contributed by atoms with Gasteiger partial charge >= 0.3 is 0 Å². The molecular formula is C25H22N2S. The van der Waals surface area contributed by atoms with Crippen molar-refractivity contribution >= 4 is 45.0 Å². The molecule has 1 heterocycles. The van der Waals surface area contributed by atoms with Crippen molar-refractivity contribution in [3.8, 4) is 0 Å². The van der Waals surface area contributed by atoms with Crippen LogP contribution in [0.3, 0.4) is 0 Å². The number of nitrogens with two attached hydrogens (primary N) is 1. The predicted octanol–water partition coefficient (Wildman–Crippen LogP) is 4.38. The van der Waals surface area contributed by atoms with Gasteiger partial charge in [-0.25, -0.2) is 0 Å². The van der Waals surface area contributed by atoms with E-state index < -0.39 is 0 Å². The smallest absolute Gasteiger partial charge is 0.0682 e. The fraction of sp³-hybridized carbons (Fsp3) is 0.160. The molecule has 3 heteroatoms. The molecule has 138 valence electrons. The highest BCUT2D eigenvalue weighted by Gasteiger charge is 2.19. The molecule has 0 amide bonds. The molecule has 0 spiro atoms. The summed E-state index contributed by atoms with van der Waals surface area (Å²) in [7, 11) is 0. The van der Waals surface area contributed by atoms with Gasteiger partial charge in [0, 0.05) is 38.2 Å². The summed E-state index contributed by atoms with van der Waals surface area (Å²) < 4.78 is 2.67. The van der Waals surface area contributed by atoms with Crippen LogP contribution in [-0.2, 0) is 6.42 Å². The zero-order chi connectivity index (χ0) is 19.1. The first-order valence-corrected chi connectivity index (χ1v) is 10.5. The van der Waals surface area contributed by atoms with E-state index in [0.717, 1.165) is 35.5 Å². The Morgan fingerprint density at radius 3 is 2.82 bits per heavy atom. The minimum Gasteiger partial charge on any atom is -0.397 e. The number of rotatable bonds is 2. The summed E-state index contributed by atoms with van der Waals surface area (Å²) in [6.07, 6.45) is 10.8. The Labute approximate surface area is 168 Å². The molecule has 3 aromatic rings. The van der Waals surface area contributed by atoms with Gasteiger partial charge in [0.2, 0.25) is 0 Å². The van der Waals surface area contributed by atoms with Gasteiger partial charge in [0.1, 0.15) is 0 Å². The number of aliphatic imine (C=N–C) groups is 1. The van der Waals surface area contributed by atoms with E-state index >= 15 is 0 Å². The number of fused-ring (bicyclic) bond motifs is 4. The van der Waals surface area contributed by atoms with Gasteiger partial charge in [-0.1, -0.05) is 66.8 Å². The van der Waals surface area contributed by atoms with Crippen LogP contribution < -0.4 is 15.5 Å². The lowest BCUT2D eigenvalue weighted by Crippen LogP contribution is -2.23. The predicted molar refractivity (Wildman–Crippen MR) is 122 cm³/mol. The first-order valence-electron chi connectivity index (χ1n) is 9.69. The molecule has 0 fully saturated rings. The number of nitrogens with zero attached hydrogens (tertiary/aromatic N) is 1. The number of hydrogen-bond donors (Lipinski definition) is 1. The van der Waals surface area contributed by atoms with E-state index in [-0.39, 0.29) is 5.92 Å². The van der Waals surface area contributed by atoms with Crippen LogP contribution in [0.15, 0.2) is 71.4 Å². The Hall–Kier alpha value is -2.91. The highest BCUT2D eigenvalue weighted by atomic mass is 32.1. The Bertz CT molecular complexity index is 1290. The normalized spacial score (nSPS) is 22.5. The van der Waals surface area contributed by atoms with Gasteiger partial charge in [0.05, 0.1) is 11.4 Å². The third kappa shape index (κ3) is 2.92. The molecule has 1 aromatic heterocycles. The van der Waals surface area contributed by atoms with Crippen molar-refractivity contribution in [3.05, 3.63) is 87.3 Å². The molecule has 28 heavy (non-hydrogen) atoms. The van der Waals surface area contributed by atoms with E-state index in [1.165, 1.54) is 25.4 Å². The molecule has 1 atom stereocenters. The summed E-state index contributed by atoms with van der Waals surface area (Å²) >= 11 is 1.86.